The molecule has 52 heavy (non-hydrogen) atoms. The molecule has 4 heterocycles. The van der Waals surface area contributed by atoms with Crippen molar-refractivity contribution in [2.75, 3.05) is 4.90 Å². The van der Waals surface area contributed by atoms with E-state index in [9.17, 15) is 0 Å². The highest BCUT2D eigenvalue weighted by molar-refractivity contribution is 6.99. The van der Waals surface area contributed by atoms with Gasteiger partial charge >= 0.3 is 0 Å². The molecule has 1 aliphatic carbocycles. The van der Waals surface area contributed by atoms with Crippen molar-refractivity contribution in [3.63, 3.8) is 0 Å². The number of hydrogen-bond donors (Lipinski definition) is 0. The number of nitrogens with zero attached hydrogens (tertiary/aromatic N) is 1. The smallest absolute Gasteiger partial charge is 0.261 e. The van der Waals surface area contributed by atoms with Crippen molar-refractivity contribution in [1.29, 1.82) is 0 Å². The third-order valence-electron chi connectivity index (χ3n) is 12.9. The minimum absolute atomic E-state index is 0.0135. The van der Waals surface area contributed by atoms with E-state index in [1.165, 1.54) is 82.9 Å². The molecular formula is C48H30BNO2. The van der Waals surface area contributed by atoms with Gasteiger partial charge in [0.1, 0.15) is 23.0 Å². The second kappa shape index (κ2) is 8.96. The van der Waals surface area contributed by atoms with Gasteiger partial charge in [-0.1, -0.05) is 117 Å². The molecule has 8 aromatic rings. The van der Waals surface area contributed by atoms with Crippen molar-refractivity contribution < 1.29 is 9.47 Å². The molecule has 0 amide bonds. The van der Waals surface area contributed by atoms with E-state index in [1.54, 1.807) is 0 Å². The molecule has 0 atom stereocenters. The zero-order chi connectivity index (χ0) is 34.1. The van der Waals surface area contributed by atoms with Crippen LogP contribution in [0.5, 0.6) is 23.0 Å². The summed E-state index contributed by atoms with van der Waals surface area (Å²) in [4.78, 5) is 2.56. The first-order chi connectivity index (χ1) is 25.6. The Morgan fingerprint density at radius 3 is 1.54 bits per heavy atom. The van der Waals surface area contributed by atoms with E-state index < -0.39 is 5.41 Å². The van der Waals surface area contributed by atoms with Gasteiger partial charge in [-0.05, 0) is 103 Å². The minimum atomic E-state index is -0.640. The van der Waals surface area contributed by atoms with Crippen LogP contribution in [0.4, 0.5) is 17.1 Å². The van der Waals surface area contributed by atoms with E-state index >= 15 is 0 Å². The van der Waals surface area contributed by atoms with Gasteiger partial charge in [0.2, 0.25) is 0 Å². The molecule has 3 nitrogen and oxygen atoms in total. The van der Waals surface area contributed by atoms with Gasteiger partial charge in [0.15, 0.2) is 0 Å². The quantitative estimate of drug-likeness (QED) is 0.129. The normalized spacial score (nSPS) is 16.4. The van der Waals surface area contributed by atoms with E-state index in [0.29, 0.717) is 0 Å². The fourth-order valence-electron chi connectivity index (χ4n) is 11.0. The molecule has 0 saturated heterocycles. The largest absolute Gasteiger partial charge is 0.458 e. The van der Waals surface area contributed by atoms with Crippen LogP contribution >= 0.6 is 0 Å². The van der Waals surface area contributed by atoms with Crippen molar-refractivity contribution in [2.45, 2.75) is 24.7 Å². The zero-order valence-corrected chi connectivity index (χ0v) is 28.7. The zero-order valence-electron chi connectivity index (χ0n) is 28.7. The van der Waals surface area contributed by atoms with Gasteiger partial charge in [0, 0.05) is 16.4 Å². The molecule has 0 unspecified atom stereocenters. The second-order valence-corrected chi connectivity index (χ2v) is 15.5. The maximum absolute atomic E-state index is 6.85. The highest BCUT2D eigenvalue weighted by atomic mass is 16.5. The predicted molar refractivity (Wildman–Crippen MR) is 211 cm³/mol. The van der Waals surface area contributed by atoms with Gasteiger partial charge in [-0.15, -0.1) is 0 Å². The lowest BCUT2D eigenvalue weighted by molar-refractivity contribution is 0.461. The van der Waals surface area contributed by atoms with Gasteiger partial charge in [-0.3, -0.25) is 0 Å². The Balaban J connectivity index is 1.24. The summed E-state index contributed by atoms with van der Waals surface area (Å²) >= 11 is 0. The lowest BCUT2D eigenvalue weighted by Gasteiger charge is -2.48. The van der Waals surface area contributed by atoms with Crippen molar-refractivity contribution >= 4 is 61.7 Å². The number of hydrogen-bond acceptors (Lipinski definition) is 3. The number of anilines is 3. The first-order valence-electron chi connectivity index (χ1n) is 18.3. The minimum Gasteiger partial charge on any atom is -0.458 e. The van der Waals surface area contributed by atoms with Gasteiger partial charge in [-0.2, -0.15) is 0 Å². The summed E-state index contributed by atoms with van der Waals surface area (Å²) in [5, 5.41) is 5.18. The van der Waals surface area contributed by atoms with Crippen molar-refractivity contribution in [3.05, 3.63) is 179 Å². The van der Waals surface area contributed by atoms with Crippen LogP contribution < -0.4 is 30.8 Å². The fraction of sp³-hybridized carbons (Fsp3) is 0.0833. The van der Waals surface area contributed by atoms with Crippen LogP contribution in [-0.4, -0.2) is 6.71 Å². The molecule has 0 aromatic heterocycles. The molecule has 4 heteroatoms. The number of para-hydroxylation sites is 2. The summed E-state index contributed by atoms with van der Waals surface area (Å²) in [6, 6.07) is 54.0. The van der Waals surface area contributed by atoms with Crippen molar-refractivity contribution in [1.82, 2.24) is 0 Å². The molecule has 0 saturated carbocycles. The van der Waals surface area contributed by atoms with Crippen LogP contribution in [0.25, 0.3) is 21.5 Å². The van der Waals surface area contributed by atoms with E-state index in [2.05, 4.69) is 158 Å². The van der Waals surface area contributed by atoms with Crippen LogP contribution in [0.15, 0.2) is 146 Å². The molecule has 13 rings (SSSR count). The van der Waals surface area contributed by atoms with Gasteiger partial charge < -0.3 is 14.4 Å². The third-order valence-corrected chi connectivity index (χ3v) is 12.9. The van der Waals surface area contributed by atoms with Crippen LogP contribution in [-0.2, 0) is 10.8 Å². The Morgan fingerprint density at radius 2 is 0.904 bits per heavy atom. The lowest BCUT2D eigenvalue weighted by Crippen LogP contribution is -2.65. The highest BCUT2D eigenvalue weighted by Gasteiger charge is 2.57. The van der Waals surface area contributed by atoms with Gasteiger partial charge in [-0.25, -0.2) is 0 Å². The fourth-order valence-corrected chi connectivity index (χ4v) is 11.0. The second-order valence-electron chi connectivity index (χ2n) is 15.5. The van der Waals surface area contributed by atoms with E-state index in [1.807, 2.05) is 6.07 Å². The highest BCUT2D eigenvalue weighted by Crippen LogP contribution is 2.63. The summed E-state index contributed by atoms with van der Waals surface area (Å²) in [5.74, 6) is 3.63. The Morgan fingerprint density at radius 1 is 0.423 bits per heavy atom. The standard InChI is InChI=1S/C48H30BNO2/c1-47(2)29-12-3-5-17-34(29)50(35-18-6-4-13-30(35)47)36-26-25-28-24-23-27-11-7-14-31-41(27)42(28)43(36)48(31)32-15-8-19-37-44(32)49-45-33(48)16-9-20-38(45)52-40-22-10-21-39(51-37)46(40)49/h3-26H,1-2H3. The topological polar surface area (TPSA) is 21.7 Å². The average molecular weight is 664 g/mol. The molecule has 5 aliphatic rings. The van der Waals surface area contributed by atoms with E-state index in [-0.39, 0.29) is 12.1 Å². The van der Waals surface area contributed by atoms with E-state index in [0.717, 1.165) is 28.5 Å². The van der Waals surface area contributed by atoms with E-state index in [4.69, 9.17) is 9.47 Å². The average Bonchev–Trinajstić information content (AvgIpc) is 3.49. The Hall–Kier alpha value is -6.26. The molecule has 242 valence electrons. The SMILES string of the molecule is CC1(C)c2ccccc2N(c2ccc3ccc4cccc5c4c3c2C52c3cccc4c3B3c5c(cccc5Oc5cccc2c53)O4)c2ccccc21. The van der Waals surface area contributed by atoms with Gasteiger partial charge in [0.25, 0.3) is 6.71 Å². The number of rotatable bonds is 1. The summed E-state index contributed by atoms with van der Waals surface area (Å²) in [6.45, 7) is 4.74. The van der Waals surface area contributed by atoms with Crippen LogP contribution in [0, 0.1) is 0 Å². The van der Waals surface area contributed by atoms with Crippen LogP contribution in [0.1, 0.15) is 47.2 Å². The monoisotopic (exact) mass is 663 g/mol. The number of ether oxygens (including phenoxy) is 2. The maximum atomic E-state index is 6.85. The Labute approximate surface area is 301 Å². The predicted octanol–water partition coefficient (Wildman–Crippen LogP) is 9.84. The molecule has 0 bridgehead atoms. The van der Waals surface area contributed by atoms with Crippen molar-refractivity contribution in [3.8, 4) is 23.0 Å². The third kappa shape index (κ3) is 2.91. The summed E-state index contributed by atoms with van der Waals surface area (Å²) in [7, 11) is 0. The van der Waals surface area contributed by atoms with Crippen LogP contribution in [0.3, 0.4) is 0 Å². The molecule has 8 aromatic carbocycles. The Kier molecular flexibility index (Phi) is 4.73. The van der Waals surface area contributed by atoms with Crippen LogP contribution in [0.2, 0.25) is 0 Å². The lowest BCUT2D eigenvalue weighted by atomic mass is 9.29. The first-order valence-corrected chi connectivity index (χ1v) is 18.3. The number of fused-ring (bicyclic) bond motifs is 6. The molecule has 0 radical (unpaired) electrons. The molecule has 0 fully saturated rings. The molecule has 0 N–H and O–H groups in total. The molecule has 4 aliphatic heterocycles. The summed E-state index contributed by atoms with van der Waals surface area (Å²) in [6.07, 6.45) is 0. The summed E-state index contributed by atoms with van der Waals surface area (Å²) in [5.41, 5.74) is 14.4. The Bertz CT molecular complexity index is 2850. The maximum Gasteiger partial charge on any atom is 0.261 e. The molecule has 1 spiro atoms. The van der Waals surface area contributed by atoms with Gasteiger partial charge in [0.05, 0.1) is 22.5 Å². The molecular weight excluding hydrogens is 633 g/mol. The summed E-state index contributed by atoms with van der Waals surface area (Å²) < 4.78 is 13.7. The number of benzene rings is 8. The first kappa shape index (κ1) is 27.5. The van der Waals surface area contributed by atoms with Crippen molar-refractivity contribution in [2.24, 2.45) is 0 Å².